The lowest BCUT2D eigenvalue weighted by Crippen LogP contribution is -2.33. The summed E-state index contributed by atoms with van der Waals surface area (Å²) in [5.41, 5.74) is 0.973. The first-order valence-electron chi connectivity index (χ1n) is 7.87. The fourth-order valence-electron chi connectivity index (χ4n) is 2.22. The van der Waals surface area contributed by atoms with Gasteiger partial charge < -0.3 is 9.64 Å². The molecule has 2 aromatic rings. The van der Waals surface area contributed by atoms with Gasteiger partial charge in [0.15, 0.2) is 0 Å². The van der Waals surface area contributed by atoms with Crippen LogP contribution < -0.4 is 9.64 Å². The van der Waals surface area contributed by atoms with Crippen molar-refractivity contribution in [2.24, 2.45) is 0 Å². The van der Waals surface area contributed by atoms with Crippen LogP contribution in [0.5, 0.6) is 5.75 Å². The number of carbonyl (C=O) groups is 1. The SMILES string of the molecule is CCCCN(C(=O)CSc1ccc(OC)cc1)c1ccccc1. The third-order valence-electron chi connectivity index (χ3n) is 3.53. The maximum atomic E-state index is 12.6. The maximum Gasteiger partial charge on any atom is 0.237 e. The lowest BCUT2D eigenvalue weighted by molar-refractivity contribution is -0.116. The van der Waals surface area contributed by atoms with Gasteiger partial charge in [0.05, 0.1) is 12.9 Å². The lowest BCUT2D eigenvalue weighted by Gasteiger charge is -2.22. The molecule has 0 radical (unpaired) electrons. The summed E-state index contributed by atoms with van der Waals surface area (Å²) in [5.74, 6) is 1.41. The summed E-state index contributed by atoms with van der Waals surface area (Å²) in [6.45, 7) is 2.91. The van der Waals surface area contributed by atoms with Gasteiger partial charge in [-0.3, -0.25) is 4.79 Å². The Labute approximate surface area is 142 Å². The van der Waals surface area contributed by atoms with E-state index in [9.17, 15) is 4.79 Å². The average molecular weight is 329 g/mol. The first-order valence-corrected chi connectivity index (χ1v) is 8.85. The van der Waals surface area contributed by atoms with E-state index >= 15 is 0 Å². The van der Waals surface area contributed by atoms with E-state index in [1.165, 1.54) is 0 Å². The van der Waals surface area contributed by atoms with Crippen molar-refractivity contribution >= 4 is 23.4 Å². The number of thioether (sulfide) groups is 1. The molecule has 1 amide bonds. The minimum Gasteiger partial charge on any atom is -0.497 e. The molecular formula is C19H23NO2S. The van der Waals surface area contributed by atoms with Crippen LogP contribution in [0.25, 0.3) is 0 Å². The molecule has 0 aliphatic rings. The van der Waals surface area contributed by atoms with Gasteiger partial charge in [-0.15, -0.1) is 11.8 Å². The van der Waals surface area contributed by atoms with Gasteiger partial charge in [0.1, 0.15) is 5.75 Å². The number of methoxy groups -OCH3 is 1. The van der Waals surface area contributed by atoms with Crippen molar-refractivity contribution in [3.8, 4) is 5.75 Å². The Morgan fingerprint density at radius 1 is 1.09 bits per heavy atom. The molecule has 0 fully saturated rings. The van der Waals surface area contributed by atoms with E-state index in [0.717, 1.165) is 35.7 Å². The zero-order chi connectivity index (χ0) is 16.5. The molecule has 0 unspecified atom stereocenters. The van der Waals surface area contributed by atoms with E-state index in [2.05, 4.69) is 6.92 Å². The molecule has 0 spiro atoms. The number of amides is 1. The monoisotopic (exact) mass is 329 g/mol. The number of para-hydroxylation sites is 1. The summed E-state index contributed by atoms with van der Waals surface area (Å²) < 4.78 is 5.15. The van der Waals surface area contributed by atoms with Crippen LogP contribution in [0.4, 0.5) is 5.69 Å². The molecule has 23 heavy (non-hydrogen) atoms. The van der Waals surface area contributed by atoms with Crippen molar-refractivity contribution in [3.63, 3.8) is 0 Å². The maximum absolute atomic E-state index is 12.6. The Morgan fingerprint density at radius 2 is 1.78 bits per heavy atom. The van der Waals surface area contributed by atoms with Gasteiger partial charge in [0.2, 0.25) is 5.91 Å². The lowest BCUT2D eigenvalue weighted by atomic mass is 10.2. The molecule has 0 aliphatic carbocycles. The quantitative estimate of drug-likeness (QED) is 0.662. The summed E-state index contributed by atoms with van der Waals surface area (Å²) >= 11 is 1.56. The first kappa shape index (κ1) is 17.4. The van der Waals surface area contributed by atoms with Crippen LogP contribution in [0.2, 0.25) is 0 Å². The Hall–Kier alpha value is -1.94. The molecule has 3 nitrogen and oxygen atoms in total. The van der Waals surface area contributed by atoms with Gasteiger partial charge in [-0.2, -0.15) is 0 Å². The number of hydrogen-bond acceptors (Lipinski definition) is 3. The molecule has 0 atom stereocenters. The van der Waals surface area contributed by atoms with E-state index < -0.39 is 0 Å². The fourth-order valence-corrected chi connectivity index (χ4v) is 2.99. The summed E-state index contributed by atoms with van der Waals surface area (Å²) in [5, 5.41) is 0. The predicted molar refractivity (Wildman–Crippen MR) is 97.4 cm³/mol. The van der Waals surface area contributed by atoms with Crippen molar-refractivity contribution in [2.45, 2.75) is 24.7 Å². The number of anilines is 1. The van der Waals surface area contributed by atoms with E-state index in [4.69, 9.17) is 4.74 Å². The topological polar surface area (TPSA) is 29.5 Å². The minimum absolute atomic E-state index is 0.144. The summed E-state index contributed by atoms with van der Waals surface area (Å²) in [6.07, 6.45) is 2.08. The largest absolute Gasteiger partial charge is 0.497 e. The molecule has 2 rings (SSSR count). The average Bonchev–Trinajstić information content (AvgIpc) is 2.61. The van der Waals surface area contributed by atoms with Gasteiger partial charge in [-0.05, 0) is 42.8 Å². The zero-order valence-corrected chi connectivity index (χ0v) is 14.5. The molecule has 0 bridgehead atoms. The number of rotatable bonds is 8. The number of carbonyl (C=O) groups excluding carboxylic acids is 1. The molecule has 0 saturated heterocycles. The second kappa shape index (κ2) is 9.26. The van der Waals surface area contributed by atoms with E-state index in [0.29, 0.717) is 5.75 Å². The fraction of sp³-hybridized carbons (Fsp3) is 0.316. The predicted octanol–water partition coefficient (Wildman–Crippen LogP) is 4.62. The molecule has 0 aliphatic heterocycles. The Morgan fingerprint density at radius 3 is 2.39 bits per heavy atom. The number of ether oxygens (including phenoxy) is 1. The van der Waals surface area contributed by atoms with Crippen molar-refractivity contribution < 1.29 is 9.53 Å². The van der Waals surface area contributed by atoms with Crippen LogP contribution in [-0.4, -0.2) is 25.3 Å². The second-order valence-corrected chi connectivity index (χ2v) is 6.25. The first-order chi connectivity index (χ1) is 11.2. The van der Waals surface area contributed by atoms with Gasteiger partial charge in [-0.1, -0.05) is 31.5 Å². The highest BCUT2D eigenvalue weighted by atomic mass is 32.2. The molecule has 0 heterocycles. The van der Waals surface area contributed by atoms with Crippen molar-refractivity contribution in [2.75, 3.05) is 24.3 Å². The van der Waals surface area contributed by atoms with Crippen molar-refractivity contribution in [3.05, 3.63) is 54.6 Å². The van der Waals surface area contributed by atoms with Crippen molar-refractivity contribution in [1.82, 2.24) is 0 Å². The third-order valence-corrected chi connectivity index (χ3v) is 4.52. The number of benzene rings is 2. The molecule has 0 N–H and O–H groups in total. The Balaban J connectivity index is 1.99. The summed E-state index contributed by atoms with van der Waals surface area (Å²) in [6, 6.07) is 17.7. The van der Waals surface area contributed by atoms with Gasteiger partial charge in [0, 0.05) is 17.1 Å². The number of hydrogen-bond donors (Lipinski definition) is 0. The van der Waals surface area contributed by atoms with Gasteiger partial charge >= 0.3 is 0 Å². The van der Waals surface area contributed by atoms with E-state index in [1.807, 2.05) is 59.5 Å². The Bertz CT molecular complexity index is 599. The van der Waals surface area contributed by atoms with Crippen molar-refractivity contribution in [1.29, 1.82) is 0 Å². The number of nitrogens with zero attached hydrogens (tertiary/aromatic N) is 1. The van der Waals surface area contributed by atoms with Gasteiger partial charge in [-0.25, -0.2) is 0 Å². The second-order valence-electron chi connectivity index (χ2n) is 5.20. The molecular weight excluding hydrogens is 306 g/mol. The van der Waals surface area contributed by atoms with Gasteiger partial charge in [0.25, 0.3) is 0 Å². The highest BCUT2D eigenvalue weighted by Gasteiger charge is 2.15. The van der Waals surface area contributed by atoms with Crippen LogP contribution >= 0.6 is 11.8 Å². The summed E-state index contributed by atoms with van der Waals surface area (Å²) in [7, 11) is 1.65. The smallest absolute Gasteiger partial charge is 0.237 e. The third kappa shape index (κ3) is 5.32. The summed E-state index contributed by atoms with van der Waals surface area (Å²) in [4.78, 5) is 15.6. The van der Waals surface area contributed by atoms with Crippen LogP contribution in [-0.2, 0) is 4.79 Å². The van der Waals surface area contributed by atoms with Crippen LogP contribution in [0, 0.1) is 0 Å². The van der Waals surface area contributed by atoms with Crippen LogP contribution in [0.15, 0.2) is 59.5 Å². The van der Waals surface area contributed by atoms with E-state index in [1.54, 1.807) is 18.9 Å². The standard InChI is InChI=1S/C19H23NO2S/c1-3-4-14-20(16-8-6-5-7-9-16)19(21)15-23-18-12-10-17(22-2)11-13-18/h5-13H,3-4,14-15H2,1-2H3. The highest BCUT2D eigenvalue weighted by Crippen LogP contribution is 2.23. The molecule has 4 heteroatoms. The molecule has 2 aromatic carbocycles. The van der Waals surface area contributed by atoms with Crippen LogP contribution in [0.1, 0.15) is 19.8 Å². The molecule has 122 valence electrons. The van der Waals surface area contributed by atoms with Crippen LogP contribution in [0.3, 0.4) is 0 Å². The zero-order valence-electron chi connectivity index (χ0n) is 13.7. The highest BCUT2D eigenvalue weighted by molar-refractivity contribution is 8.00. The molecule has 0 aromatic heterocycles. The number of unbranched alkanes of at least 4 members (excludes halogenated alkanes) is 1. The Kier molecular flexibility index (Phi) is 7.01. The normalized spacial score (nSPS) is 10.3. The van der Waals surface area contributed by atoms with E-state index in [-0.39, 0.29) is 5.91 Å². The molecule has 0 saturated carbocycles. The minimum atomic E-state index is 0.144.